The van der Waals surface area contributed by atoms with Crippen molar-refractivity contribution in [2.45, 2.75) is 120 Å². The molecule has 36 heavy (non-hydrogen) atoms. The van der Waals surface area contributed by atoms with E-state index < -0.39 is 0 Å². The SMILES string of the molecule is C=CCCCC1(C)C(C(=C)C)CCC2(C)C1CC(C)C1C(C(C)(C)CCC(C#N)C(=C)C)CCC12C. The molecule has 0 spiro atoms. The predicted octanol–water partition coefficient (Wildman–Crippen LogP) is 10.6. The monoisotopic (exact) mass is 491 g/mol. The summed E-state index contributed by atoms with van der Waals surface area (Å²) in [5, 5.41) is 9.66. The van der Waals surface area contributed by atoms with Crippen LogP contribution in [0.5, 0.6) is 0 Å². The van der Waals surface area contributed by atoms with Gasteiger partial charge in [0.05, 0.1) is 12.0 Å². The first-order chi connectivity index (χ1) is 16.7. The summed E-state index contributed by atoms with van der Waals surface area (Å²) in [6.45, 7) is 32.6. The first-order valence-corrected chi connectivity index (χ1v) is 15.0. The number of nitrogens with zero attached hydrogens (tertiary/aromatic N) is 1. The number of fused-ring (bicyclic) bond motifs is 3. The van der Waals surface area contributed by atoms with E-state index in [2.05, 4.69) is 80.3 Å². The van der Waals surface area contributed by atoms with E-state index in [0.29, 0.717) is 22.2 Å². The van der Waals surface area contributed by atoms with E-state index in [4.69, 9.17) is 0 Å². The second kappa shape index (κ2) is 10.5. The minimum absolute atomic E-state index is 0.00330. The van der Waals surface area contributed by atoms with Gasteiger partial charge in [0, 0.05) is 0 Å². The van der Waals surface area contributed by atoms with Crippen LogP contribution in [0.4, 0.5) is 0 Å². The van der Waals surface area contributed by atoms with Gasteiger partial charge in [-0.15, -0.1) is 6.58 Å². The van der Waals surface area contributed by atoms with E-state index in [0.717, 1.165) is 48.5 Å². The topological polar surface area (TPSA) is 23.8 Å². The quantitative estimate of drug-likeness (QED) is 0.220. The average Bonchev–Trinajstić information content (AvgIpc) is 3.17. The molecule has 0 aromatic heterocycles. The van der Waals surface area contributed by atoms with Crippen LogP contribution in [0.3, 0.4) is 0 Å². The Labute approximate surface area is 224 Å². The standard InChI is InChI=1S/C35H57N/c1-12-13-14-18-33(9)28(25(4)5)16-20-34(10)30(33)22-26(6)31-29(17-21-35(31,34)11)32(7,8)19-15-27(23-36)24(2)3/h12,26-31H,1-2,4,13-22H2,3,5-11H3. The van der Waals surface area contributed by atoms with Crippen LogP contribution < -0.4 is 0 Å². The van der Waals surface area contributed by atoms with Gasteiger partial charge in [-0.2, -0.15) is 5.26 Å². The Morgan fingerprint density at radius 2 is 1.75 bits per heavy atom. The molecule has 3 rings (SSSR count). The van der Waals surface area contributed by atoms with E-state index in [1.54, 1.807) is 0 Å². The molecule has 0 saturated heterocycles. The van der Waals surface area contributed by atoms with Crippen molar-refractivity contribution < 1.29 is 0 Å². The van der Waals surface area contributed by atoms with Crippen LogP contribution in [0.25, 0.3) is 0 Å². The molecule has 0 N–H and O–H groups in total. The molecule has 1 heteroatoms. The molecular formula is C35H57N. The third-order valence-corrected chi connectivity index (χ3v) is 12.5. The van der Waals surface area contributed by atoms with Crippen LogP contribution >= 0.6 is 0 Å². The van der Waals surface area contributed by atoms with Crippen LogP contribution in [-0.4, -0.2) is 0 Å². The Hall–Kier alpha value is -1.29. The van der Waals surface area contributed by atoms with Crippen molar-refractivity contribution >= 4 is 0 Å². The van der Waals surface area contributed by atoms with E-state index in [1.165, 1.54) is 50.5 Å². The minimum Gasteiger partial charge on any atom is -0.198 e. The molecule has 3 saturated carbocycles. The van der Waals surface area contributed by atoms with Gasteiger partial charge < -0.3 is 0 Å². The predicted molar refractivity (Wildman–Crippen MR) is 156 cm³/mol. The molecule has 0 aromatic carbocycles. The summed E-state index contributed by atoms with van der Waals surface area (Å²) < 4.78 is 0. The van der Waals surface area contributed by atoms with Crippen molar-refractivity contribution in [2.24, 2.45) is 57.2 Å². The zero-order chi connectivity index (χ0) is 27.1. The Kier molecular flexibility index (Phi) is 8.51. The van der Waals surface area contributed by atoms with Gasteiger partial charge in [-0.05, 0) is 129 Å². The van der Waals surface area contributed by atoms with Gasteiger partial charge in [0.2, 0.25) is 0 Å². The summed E-state index contributed by atoms with van der Waals surface area (Å²) in [5.74, 6) is 3.66. The molecule has 9 unspecified atom stereocenters. The number of unbranched alkanes of at least 4 members (excludes halogenated alkanes) is 1. The summed E-state index contributed by atoms with van der Waals surface area (Å²) in [7, 11) is 0. The summed E-state index contributed by atoms with van der Waals surface area (Å²) in [6.07, 6.45) is 14.6. The second-order valence-corrected chi connectivity index (χ2v) is 15.0. The zero-order valence-corrected chi connectivity index (χ0v) is 25.2. The molecule has 0 aromatic rings. The van der Waals surface area contributed by atoms with E-state index in [-0.39, 0.29) is 11.3 Å². The fourth-order valence-electron chi connectivity index (χ4n) is 10.4. The lowest BCUT2D eigenvalue weighted by Gasteiger charge is -2.68. The van der Waals surface area contributed by atoms with E-state index >= 15 is 0 Å². The van der Waals surface area contributed by atoms with Gasteiger partial charge in [-0.25, -0.2) is 0 Å². The molecule has 3 aliphatic rings. The van der Waals surface area contributed by atoms with Gasteiger partial charge in [0.25, 0.3) is 0 Å². The van der Waals surface area contributed by atoms with Crippen LogP contribution in [0, 0.1) is 68.5 Å². The molecule has 0 heterocycles. The molecule has 202 valence electrons. The van der Waals surface area contributed by atoms with Crippen LogP contribution in [0.15, 0.2) is 37.0 Å². The fourth-order valence-corrected chi connectivity index (χ4v) is 10.4. The number of rotatable bonds is 10. The number of allylic oxidation sites excluding steroid dienone is 3. The average molecular weight is 492 g/mol. The molecule has 0 radical (unpaired) electrons. The first kappa shape index (κ1) is 29.3. The lowest BCUT2D eigenvalue weighted by atomic mass is 9.36. The molecule has 0 amide bonds. The van der Waals surface area contributed by atoms with E-state index in [1.807, 2.05) is 6.92 Å². The highest BCUT2D eigenvalue weighted by molar-refractivity contribution is 5.20. The van der Waals surface area contributed by atoms with Crippen LogP contribution in [0.2, 0.25) is 0 Å². The molecule has 9 atom stereocenters. The number of nitriles is 1. The second-order valence-electron chi connectivity index (χ2n) is 15.0. The number of hydrogen-bond acceptors (Lipinski definition) is 1. The highest BCUT2D eigenvalue weighted by atomic mass is 14.7. The van der Waals surface area contributed by atoms with Crippen molar-refractivity contribution in [3.63, 3.8) is 0 Å². The van der Waals surface area contributed by atoms with Gasteiger partial charge in [0.15, 0.2) is 0 Å². The van der Waals surface area contributed by atoms with Crippen molar-refractivity contribution in [2.75, 3.05) is 0 Å². The smallest absolute Gasteiger partial charge is 0.0700 e. The summed E-state index contributed by atoms with van der Waals surface area (Å²) in [6, 6.07) is 2.51. The third-order valence-electron chi connectivity index (χ3n) is 12.5. The van der Waals surface area contributed by atoms with Gasteiger partial charge in [0.1, 0.15) is 0 Å². The zero-order valence-electron chi connectivity index (χ0n) is 25.2. The highest BCUT2D eigenvalue weighted by Crippen LogP contribution is 2.75. The van der Waals surface area contributed by atoms with Crippen LogP contribution in [-0.2, 0) is 0 Å². The molecule has 0 aliphatic heterocycles. The van der Waals surface area contributed by atoms with Crippen molar-refractivity contribution in [1.82, 2.24) is 0 Å². The van der Waals surface area contributed by atoms with Crippen molar-refractivity contribution in [3.8, 4) is 6.07 Å². The molecule has 1 nitrogen and oxygen atoms in total. The molecular weight excluding hydrogens is 434 g/mol. The summed E-state index contributed by atoms with van der Waals surface area (Å²) in [4.78, 5) is 0. The summed E-state index contributed by atoms with van der Waals surface area (Å²) in [5.41, 5.74) is 3.80. The Balaban J connectivity index is 1.94. The molecule has 3 fully saturated rings. The van der Waals surface area contributed by atoms with Crippen LogP contribution in [0.1, 0.15) is 120 Å². The van der Waals surface area contributed by atoms with Crippen molar-refractivity contribution in [3.05, 3.63) is 37.0 Å². The highest BCUT2D eigenvalue weighted by Gasteiger charge is 2.68. The van der Waals surface area contributed by atoms with E-state index in [9.17, 15) is 5.26 Å². The fraction of sp³-hybridized carbons (Fsp3) is 0.800. The first-order valence-electron chi connectivity index (χ1n) is 15.0. The normalized spacial score (nSPS) is 41.0. The Bertz CT molecular complexity index is 887. The maximum Gasteiger partial charge on any atom is 0.0700 e. The van der Waals surface area contributed by atoms with Crippen molar-refractivity contribution in [1.29, 1.82) is 5.26 Å². The lowest BCUT2D eigenvalue weighted by Crippen LogP contribution is -2.61. The molecule has 3 aliphatic carbocycles. The van der Waals surface area contributed by atoms with Gasteiger partial charge in [-0.3, -0.25) is 0 Å². The van der Waals surface area contributed by atoms with Gasteiger partial charge >= 0.3 is 0 Å². The maximum absolute atomic E-state index is 9.66. The third kappa shape index (κ3) is 4.69. The molecule has 0 bridgehead atoms. The largest absolute Gasteiger partial charge is 0.198 e. The van der Waals surface area contributed by atoms with Gasteiger partial charge in [-0.1, -0.05) is 71.9 Å². The minimum atomic E-state index is -0.00330. The Morgan fingerprint density at radius 1 is 1.11 bits per heavy atom. The summed E-state index contributed by atoms with van der Waals surface area (Å²) >= 11 is 0. The number of hydrogen-bond donors (Lipinski definition) is 0. The Morgan fingerprint density at radius 3 is 2.31 bits per heavy atom. The maximum atomic E-state index is 9.66. The lowest BCUT2D eigenvalue weighted by molar-refractivity contribution is -0.190.